The van der Waals surface area contributed by atoms with E-state index in [9.17, 15) is 0 Å². The number of hydrogen-bond donors (Lipinski definition) is 2. The number of rotatable bonds is 4. The summed E-state index contributed by atoms with van der Waals surface area (Å²) in [6.07, 6.45) is 7.65. The fourth-order valence-electron chi connectivity index (χ4n) is 3.62. The maximum atomic E-state index is 6.07. The molecule has 0 radical (unpaired) electrons. The number of hydrogen-bond acceptors (Lipinski definition) is 2. The highest BCUT2D eigenvalue weighted by Gasteiger charge is 2.22. The number of guanidine groups is 1. The topological polar surface area (TPSA) is 53.6 Å². The van der Waals surface area contributed by atoms with Crippen molar-refractivity contribution in [3.8, 4) is 0 Å². The SMILES string of the molecule is NC(=NCC1CCN(c2cccc(Br)c2)C1)NC1CCCCC1. The van der Waals surface area contributed by atoms with E-state index in [2.05, 4.69) is 55.4 Å². The molecule has 1 aliphatic carbocycles. The molecule has 1 aromatic carbocycles. The highest BCUT2D eigenvalue weighted by Crippen LogP contribution is 2.26. The number of nitrogens with zero attached hydrogens (tertiary/aromatic N) is 2. The Labute approximate surface area is 147 Å². The van der Waals surface area contributed by atoms with Crippen LogP contribution in [0.1, 0.15) is 38.5 Å². The van der Waals surface area contributed by atoms with Crippen molar-refractivity contribution in [1.82, 2.24) is 5.32 Å². The third-order valence-corrected chi connectivity index (χ3v) is 5.43. The Hall–Kier alpha value is -1.23. The quantitative estimate of drug-likeness (QED) is 0.622. The Kier molecular flexibility index (Phi) is 5.81. The van der Waals surface area contributed by atoms with Gasteiger partial charge in [0.15, 0.2) is 5.96 Å². The summed E-state index contributed by atoms with van der Waals surface area (Å²) in [5.74, 6) is 1.23. The van der Waals surface area contributed by atoms with E-state index in [4.69, 9.17) is 5.73 Å². The minimum atomic E-state index is 0.536. The lowest BCUT2D eigenvalue weighted by atomic mass is 9.96. The standard InChI is InChI=1S/C18H27BrN4/c19-15-5-4-8-17(11-15)23-10-9-14(13-23)12-21-18(20)22-16-6-2-1-3-7-16/h4-5,8,11,14,16H,1-3,6-7,9-10,12-13H2,(H3,20,21,22). The minimum Gasteiger partial charge on any atom is -0.371 e. The third-order valence-electron chi connectivity index (χ3n) is 4.94. The van der Waals surface area contributed by atoms with E-state index in [0.717, 1.165) is 24.1 Å². The van der Waals surface area contributed by atoms with E-state index >= 15 is 0 Å². The molecule has 1 saturated carbocycles. The van der Waals surface area contributed by atoms with Gasteiger partial charge in [0, 0.05) is 35.8 Å². The molecule has 0 amide bonds. The Morgan fingerprint density at radius 3 is 2.87 bits per heavy atom. The van der Waals surface area contributed by atoms with E-state index in [1.165, 1.54) is 44.2 Å². The molecule has 0 bridgehead atoms. The minimum absolute atomic E-state index is 0.536. The number of benzene rings is 1. The molecule has 1 aromatic rings. The van der Waals surface area contributed by atoms with Crippen LogP contribution in [0.25, 0.3) is 0 Å². The van der Waals surface area contributed by atoms with Gasteiger partial charge in [0.25, 0.3) is 0 Å². The highest BCUT2D eigenvalue weighted by molar-refractivity contribution is 9.10. The summed E-state index contributed by atoms with van der Waals surface area (Å²) in [7, 11) is 0. The lowest BCUT2D eigenvalue weighted by Crippen LogP contribution is -2.41. The number of anilines is 1. The van der Waals surface area contributed by atoms with Gasteiger partial charge in [-0.25, -0.2) is 0 Å². The Bertz CT molecular complexity index is 540. The molecule has 3 rings (SSSR count). The van der Waals surface area contributed by atoms with E-state index in [0.29, 0.717) is 17.9 Å². The van der Waals surface area contributed by atoms with Gasteiger partial charge in [-0.15, -0.1) is 0 Å². The smallest absolute Gasteiger partial charge is 0.188 e. The van der Waals surface area contributed by atoms with E-state index in [1.807, 2.05) is 0 Å². The fourth-order valence-corrected chi connectivity index (χ4v) is 4.01. The Morgan fingerprint density at radius 2 is 2.09 bits per heavy atom. The van der Waals surface area contributed by atoms with Crippen LogP contribution in [-0.4, -0.2) is 31.6 Å². The van der Waals surface area contributed by atoms with Crippen LogP contribution in [0.4, 0.5) is 5.69 Å². The van der Waals surface area contributed by atoms with Crippen LogP contribution in [0.2, 0.25) is 0 Å². The zero-order valence-corrected chi connectivity index (χ0v) is 15.3. The average Bonchev–Trinajstić information content (AvgIpc) is 3.03. The summed E-state index contributed by atoms with van der Waals surface area (Å²) in [6, 6.07) is 9.06. The van der Waals surface area contributed by atoms with Gasteiger partial charge in [-0.1, -0.05) is 41.3 Å². The molecule has 1 unspecified atom stereocenters. The predicted octanol–water partition coefficient (Wildman–Crippen LogP) is 3.51. The van der Waals surface area contributed by atoms with Crippen molar-refractivity contribution in [3.63, 3.8) is 0 Å². The summed E-state index contributed by atoms with van der Waals surface area (Å²) >= 11 is 3.55. The van der Waals surface area contributed by atoms with E-state index in [-0.39, 0.29) is 0 Å². The molecule has 2 aliphatic rings. The molecule has 2 fully saturated rings. The van der Waals surface area contributed by atoms with Crippen molar-refractivity contribution in [1.29, 1.82) is 0 Å². The molecular weight excluding hydrogens is 352 g/mol. The first-order valence-corrected chi connectivity index (χ1v) is 9.57. The molecule has 1 saturated heterocycles. The molecule has 4 nitrogen and oxygen atoms in total. The molecule has 23 heavy (non-hydrogen) atoms. The lowest BCUT2D eigenvalue weighted by Gasteiger charge is -2.23. The van der Waals surface area contributed by atoms with Crippen LogP contribution in [0, 0.1) is 5.92 Å². The Morgan fingerprint density at radius 1 is 1.26 bits per heavy atom. The van der Waals surface area contributed by atoms with Gasteiger partial charge in [-0.2, -0.15) is 0 Å². The second-order valence-corrected chi connectivity index (χ2v) is 7.70. The highest BCUT2D eigenvalue weighted by atomic mass is 79.9. The molecule has 0 spiro atoms. The van der Waals surface area contributed by atoms with Crippen molar-refractivity contribution in [2.24, 2.45) is 16.6 Å². The van der Waals surface area contributed by atoms with E-state index < -0.39 is 0 Å². The monoisotopic (exact) mass is 378 g/mol. The predicted molar refractivity (Wildman–Crippen MR) is 101 cm³/mol. The van der Waals surface area contributed by atoms with Crippen LogP contribution >= 0.6 is 15.9 Å². The first-order chi connectivity index (χ1) is 11.2. The van der Waals surface area contributed by atoms with Gasteiger partial charge in [0.2, 0.25) is 0 Å². The summed E-state index contributed by atoms with van der Waals surface area (Å²) in [5.41, 5.74) is 7.36. The molecule has 3 N–H and O–H groups in total. The zero-order valence-electron chi connectivity index (χ0n) is 13.7. The molecule has 0 aromatic heterocycles. The van der Waals surface area contributed by atoms with Crippen molar-refractivity contribution >= 4 is 27.6 Å². The van der Waals surface area contributed by atoms with Gasteiger partial charge in [-0.05, 0) is 43.4 Å². The van der Waals surface area contributed by atoms with Crippen LogP contribution in [0.15, 0.2) is 33.7 Å². The first-order valence-electron chi connectivity index (χ1n) is 8.77. The molecule has 126 valence electrons. The second kappa shape index (κ2) is 8.04. The summed E-state index contributed by atoms with van der Waals surface area (Å²) < 4.78 is 1.14. The molecule has 5 heteroatoms. The van der Waals surface area contributed by atoms with Crippen molar-refractivity contribution < 1.29 is 0 Å². The summed E-state index contributed by atoms with van der Waals surface area (Å²) in [6.45, 7) is 3.00. The van der Waals surface area contributed by atoms with Crippen LogP contribution < -0.4 is 16.0 Å². The van der Waals surface area contributed by atoms with Crippen LogP contribution in [0.5, 0.6) is 0 Å². The number of halogens is 1. The second-order valence-electron chi connectivity index (χ2n) is 6.79. The average molecular weight is 379 g/mol. The molecular formula is C18H27BrN4. The molecule has 1 heterocycles. The lowest BCUT2D eigenvalue weighted by molar-refractivity contribution is 0.412. The van der Waals surface area contributed by atoms with Crippen LogP contribution in [-0.2, 0) is 0 Å². The van der Waals surface area contributed by atoms with Gasteiger partial charge in [0.1, 0.15) is 0 Å². The molecule has 1 atom stereocenters. The van der Waals surface area contributed by atoms with Gasteiger partial charge >= 0.3 is 0 Å². The summed E-state index contributed by atoms with van der Waals surface area (Å²) in [4.78, 5) is 7.03. The number of aliphatic imine (C=N–C) groups is 1. The normalized spacial score (nSPS) is 23.3. The maximum absolute atomic E-state index is 6.07. The largest absolute Gasteiger partial charge is 0.371 e. The first kappa shape index (κ1) is 16.6. The number of nitrogens with two attached hydrogens (primary N) is 1. The van der Waals surface area contributed by atoms with Crippen molar-refractivity contribution in [2.45, 2.75) is 44.6 Å². The Balaban J connectivity index is 1.46. The summed E-state index contributed by atoms with van der Waals surface area (Å²) in [5, 5.41) is 3.40. The van der Waals surface area contributed by atoms with Gasteiger partial charge < -0.3 is 16.0 Å². The number of nitrogens with one attached hydrogen (secondary N) is 1. The molecule has 1 aliphatic heterocycles. The van der Waals surface area contributed by atoms with Crippen molar-refractivity contribution in [3.05, 3.63) is 28.7 Å². The van der Waals surface area contributed by atoms with E-state index in [1.54, 1.807) is 0 Å². The van der Waals surface area contributed by atoms with Gasteiger partial charge in [-0.3, -0.25) is 4.99 Å². The fraction of sp³-hybridized carbons (Fsp3) is 0.611. The zero-order chi connectivity index (χ0) is 16.1. The maximum Gasteiger partial charge on any atom is 0.188 e. The van der Waals surface area contributed by atoms with Gasteiger partial charge in [0.05, 0.1) is 0 Å². The van der Waals surface area contributed by atoms with Crippen molar-refractivity contribution in [2.75, 3.05) is 24.5 Å². The van der Waals surface area contributed by atoms with Crippen LogP contribution in [0.3, 0.4) is 0 Å². The third kappa shape index (κ3) is 4.87.